The molecule has 2 nitrogen and oxygen atoms in total. The molecule has 0 unspecified atom stereocenters. The van der Waals surface area contributed by atoms with Gasteiger partial charge in [-0.25, -0.2) is 0 Å². The maximum Gasteiger partial charge on any atom is 0.0452 e. The van der Waals surface area contributed by atoms with Crippen LogP contribution in [0.4, 0.5) is 0 Å². The molecule has 0 aromatic heterocycles. The molecular formula is C6H10N2. The largest absolute Gasteiger partial charge is 0.160 e. The average Bonchev–Trinajstić information content (AvgIpc) is 1.81. The average molecular weight is 110 g/mol. The topological polar surface area (TPSA) is 24.7 Å². The van der Waals surface area contributed by atoms with Gasteiger partial charge in [0.25, 0.3) is 0 Å². The van der Waals surface area contributed by atoms with Crippen LogP contribution in [0.2, 0.25) is 0 Å². The lowest BCUT2D eigenvalue weighted by molar-refractivity contribution is 1.21. The van der Waals surface area contributed by atoms with E-state index in [9.17, 15) is 0 Å². The monoisotopic (exact) mass is 110 g/mol. The number of allylic oxidation sites excluding steroid dienone is 2. The number of hydrogen-bond acceptors (Lipinski definition) is 2. The molecule has 0 saturated heterocycles. The highest BCUT2D eigenvalue weighted by atomic mass is 15.1. The molecular weight excluding hydrogens is 100 g/mol. The van der Waals surface area contributed by atoms with E-state index in [1.54, 1.807) is 12.4 Å². The fourth-order valence-electron chi connectivity index (χ4n) is 0.210. The predicted molar refractivity (Wildman–Crippen MR) is 34.5 cm³/mol. The zero-order valence-electron chi connectivity index (χ0n) is 5.20. The third kappa shape index (κ3) is 5.08. The van der Waals surface area contributed by atoms with Gasteiger partial charge in [-0.3, -0.25) is 0 Å². The third-order valence-electron chi connectivity index (χ3n) is 0.498. The smallest absolute Gasteiger partial charge is 0.0452 e. The van der Waals surface area contributed by atoms with Crippen LogP contribution in [0.5, 0.6) is 0 Å². The van der Waals surface area contributed by atoms with Crippen LogP contribution in [0.15, 0.2) is 34.8 Å². The van der Waals surface area contributed by atoms with Crippen LogP contribution < -0.4 is 0 Å². The Morgan fingerprint density at radius 3 is 1.50 bits per heavy atom. The van der Waals surface area contributed by atoms with Gasteiger partial charge in [-0.1, -0.05) is 12.2 Å². The fourth-order valence-corrected chi connectivity index (χ4v) is 0.210. The molecule has 0 aliphatic heterocycles. The van der Waals surface area contributed by atoms with Crippen molar-refractivity contribution in [1.82, 2.24) is 0 Å². The first-order valence-corrected chi connectivity index (χ1v) is 2.54. The van der Waals surface area contributed by atoms with E-state index in [1.807, 2.05) is 26.0 Å². The van der Waals surface area contributed by atoms with Crippen molar-refractivity contribution in [2.24, 2.45) is 10.2 Å². The highest BCUT2D eigenvalue weighted by Crippen LogP contribution is 1.78. The molecule has 0 fully saturated rings. The van der Waals surface area contributed by atoms with Crippen molar-refractivity contribution >= 4 is 0 Å². The molecule has 0 heterocycles. The van der Waals surface area contributed by atoms with Crippen molar-refractivity contribution in [3.05, 3.63) is 24.6 Å². The summed E-state index contributed by atoms with van der Waals surface area (Å²) in [7, 11) is 0. The summed E-state index contributed by atoms with van der Waals surface area (Å²) in [4.78, 5) is 0. The Kier molecular flexibility index (Phi) is 5.38. The van der Waals surface area contributed by atoms with Gasteiger partial charge in [0.1, 0.15) is 0 Å². The van der Waals surface area contributed by atoms with Gasteiger partial charge >= 0.3 is 0 Å². The molecule has 8 heavy (non-hydrogen) atoms. The van der Waals surface area contributed by atoms with Crippen LogP contribution in [-0.2, 0) is 0 Å². The summed E-state index contributed by atoms with van der Waals surface area (Å²) in [5.41, 5.74) is 0. The van der Waals surface area contributed by atoms with Crippen LogP contribution in [0.25, 0.3) is 0 Å². The zero-order chi connectivity index (χ0) is 6.24. The Morgan fingerprint density at radius 1 is 0.875 bits per heavy atom. The van der Waals surface area contributed by atoms with E-state index in [-0.39, 0.29) is 0 Å². The Bertz CT molecular complexity index is 97.7. The highest BCUT2D eigenvalue weighted by Gasteiger charge is 1.55. The molecule has 0 amide bonds. The van der Waals surface area contributed by atoms with Crippen molar-refractivity contribution in [3.63, 3.8) is 0 Å². The van der Waals surface area contributed by atoms with Crippen molar-refractivity contribution in [3.8, 4) is 0 Å². The van der Waals surface area contributed by atoms with Gasteiger partial charge in [0, 0.05) is 12.4 Å². The van der Waals surface area contributed by atoms with Crippen molar-refractivity contribution in [2.45, 2.75) is 13.8 Å². The lowest BCUT2D eigenvalue weighted by atomic mass is 10.7. The molecule has 0 aromatic rings. The minimum Gasteiger partial charge on any atom is -0.160 e. The van der Waals surface area contributed by atoms with Crippen LogP contribution in [0.3, 0.4) is 0 Å². The van der Waals surface area contributed by atoms with Crippen LogP contribution in [-0.4, -0.2) is 0 Å². The summed E-state index contributed by atoms with van der Waals surface area (Å²) in [5, 5.41) is 7.27. The van der Waals surface area contributed by atoms with E-state index in [4.69, 9.17) is 0 Å². The molecule has 0 aliphatic rings. The summed E-state index contributed by atoms with van der Waals surface area (Å²) < 4.78 is 0. The standard InChI is InChI=1S/C6H10N2/c1-3-5-7-8-6-4-2/h3-6H,1-2H3. The second-order valence-corrected chi connectivity index (χ2v) is 1.20. The van der Waals surface area contributed by atoms with Gasteiger partial charge < -0.3 is 0 Å². The first kappa shape index (κ1) is 7.08. The minimum absolute atomic E-state index is 1.64. The van der Waals surface area contributed by atoms with Gasteiger partial charge in [-0.15, -0.1) is 0 Å². The summed E-state index contributed by atoms with van der Waals surface area (Å²) in [5.74, 6) is 0. The maximum absolute atomic E-state index is 3.64. The van der Waals surface area contributed by atoms with E-state index in [0.717, 1.165) is 0 Å². The molecule has 0 bridgehead atoms. The van der Waals surface area contributed by atoms with Gasteiger partial charge in [0.15, 0.2) is 0 Å². The molecule has 44 valence electrons. The Hall–Kier alpha value is -0.920. The summed E-state index contributed by atoms with van der Waals surface area (Å²) in [6, 6.07) is 0. The minimum atomic E-state index is 1.64. The highest BCUT2D eigenvalue weighted by molar-refractivity contribution is 4.76. The zero-order valence-corrected chi connectivity index (χ0v) is 5.20. The second-order valence-electron chi connectivity index (χ2n) is 1.20. The fraction of sp³-hybridized carbons (Fsp3) is 0.333. The Labute approximate surface area is 49.6 Å². The molecule has 0 N–H and O–H groups in total. The van der Waals surface area contributed by atoms with Gasteiger partial charge in [-0.2, -0.15) is 10.2 Å². The molecule has 0 aromatic carbocycles. The Morgan fingerprint density at radius 2 is 1.25 bits per heavy atom. The van der Waals surface area contributed by atoms with E-state index in [2.05, 4.69) is 10.2 Å². The lowest BCUT2D eigenvalue weighted by Crippen LogP contribution is -1.44. The van der Waals surface area contributed by atoms with E-state index >= 15 is 0 Å². The summed E-state index contributed by atoms with van der Waals surface area (Å²) >= 11 is 0. The predicted octanol–water partition coefficient (Wildman–Crippen LogP) is 2.51. The van der Waals surface area contributed by atoms with Crippen molar-refractivity contribution in [2.75, 3.05) is 0 Å². The number of rotatable bonds is 2. The second kappa shape index (κ2) is 6.08. The van der Waals surface area contributed by atoms with Crippen molar-refractivity contribution < 1.29 is 0 Å². The molecule has 0 saturated carbocycles. The normalized spacial score (nSPS) is 12.8. The maximum atomic E-state index is 3.64. The van der Waals surface area contributed by atoms with Crippen LogP contribution in [0, 0.1) is 0 Å². The molecule has 0 atom stereocenters. The summed E-state index contributed by atoms with van der Waals surface area (Å²) in [6.45, 7) is 3.80. The number of hydrogen-bond donors (Lipinski definition) is 0. The quantitative estimate of drug-likeness (QED) is 0.488. The third-order valence-corrected chi connectivity index (χ3v) is 0.498. The van der Waals surface area contributed by atoms with Crippen molar-refractivity contribution in [1.29, 1.82) is 0 Å². The van der Waals surface area contributed by atoms with E-state index < -0.39 is 0 Å². The number of nitrogens with zero attached hydrogens (tertiary/aromatic N) is 2. The first-order chi connectivity index (χ1) is 3.91. The van der Waals surface area contributed by atoms with E-state index in [1.165, 1.54) is 0 Å². The molecule has 0 spiro atoms. The molecule has 0 aliphatic carbocycles. The van der Waals surface area contributed by atoms with Gasteiger partial charge in [0.2, 0.25) is 0 Å². The molecule has 0 radical (unpaired) electrons. The van der Waals surface area contributed by atoms with Gasteiger partial charge in [0.05, 0.1) is 0 Å². The van der Waals surface area contributed by atoms with Crippen LogP contribution >= 0.6 is 0 Å². The Balaban J connectivity index is 3.35. The van der Waals surface area contributed by atoms with E-state index in [0.29, 0.717) is 0 Å². The summed E-state index contributed by atoms with van der Waals surface area (Å²) in [6.07, 6.45) is 6.93. The van der Waals surface area contributed by atoms with Gasteiger partial charge in [-0.05, 0) is 13.8 Å². The number of azo groups is 1. The lowest BCUT2D eigenvalue weighted by Gasteiger charge is -1.68. The van der Waals surface area contributed by atoms with Crippen LogP contribution in [0.1, 0.15) is 13.8 Å². The first-order valence-electron chi connectivity index (χ1n) is 2.54. The molecule has 0 rings (SSSR count). The SMILES string of the molecule is CC=CN=NC=CC. The molecule has 2 heteroatoms.